The van der Waals surface area contributed by atoms with Crippen LogP contribution >= 0.6 is 0 Å². The molecule has 2 atom stereocenters. The number of halogens is 3. The lowest BCUT2D eigenvalue weighted by molar-refractivity contribution is -0.0194. The van der Waals surface area contributed by atoms with Crippen LogP contribution < -0.4 is 0 Å². The Labute approximate surface area is 146 Å². The van der Waals surface area contributed by atoms with E-state index in [1.54, 1.807) is 0 Å². The summed E-state index contributed by atoms with van der Waals surface area (Å²) in [6.45, 7) is 1.84. The van der Waals surface area contributed by atoms with Crippen molar-refractivity contribution in [1.82, 2.24) is 0 Å². The molecule has 2 unspecified atom stereocenters. The lowest BCUT2D eigenvalue weighted by atomic mass is 9.91. The van der Waals surface area contributed by atoms with Gasteiger partial charge in [0.1, 0.15) is 18.3 Å². The van der Waals surface area contributed by atoms with Crippen molar-refractivity contribution in [3.63, 3.8) is 0 Å². The van der Waals surface area contributed by atoms with Gasteiger partial charge < -0.3 is 4.74 Å². The first-order valence-electron chi connectivity index (χ1n) is 8.88. The van der Waals surface area contributed by atoms with Gasteiger partial charge in [0.15, 0.2) is 0 Å². The van der Waals surface area contributed by atoms with Crippen molar-refractivity contribution in [2.24, 2.45) is 5.92 Å². The molecule has 1 aliphatic rings. The molecule has 4 heteroatoms. The molecule has 0 spiro atoms. The highest BCUT2D eigenvalue weighted by molar-refractivity contribution is 5.64. The van der Waals surface area contributed by atoms with Crippen LogP contribution in [0.3, 0.4) is 0 Å². The largest absolute Gasteiger partial charge is 0.373 e. The van der Waals surface area contributed by atoms with Crippen LogP contribution in [0.5, 0.6) is 0 Å². The first-order chi connectivity index (χ1) is 12.1. The van der Waals surface area contributed by atoms with E-state index >= 15 is 0 Å². The Hall–Kier alpha value is -1.81. The van der Waals surface area contributed by atoms with Gasteiger partial charge in [-0.2, -0.15) is 0 Å². The van der Waals surface area contributed by atoms with Crippen LogP contribution in [0.2, 0.25) is 0 Å². The summed E-state index contributed by atoms with van der Waals surface area (Å²) in [4.78, 5) is 0. The maximum atomic E-state index is 13.8. The quantitative estimate of drug-likeness (QED) is 0.610. The van der Waals surface area contributed by atoms with E-state index in [0.29, 0.717) is 17.0 Å². The average Bonchev–Trinajstić information content (AvgIpc) is 2.62. The molecular formula is C21H23F3O. The molecule has 134 valence electrons. The van der Waals surface area contributed by atoms with Crippen LogP contribution in [-0.2, 0) is 11.4 Å². The van der Waals surface area contributed by atoms with Crippen molar-refractivity contribution < 1.29 is 17.9 Å². The monoisotopic (exact) mass is 348 g/mol. The fourth-order valence-electron chi connectivity index (χ4n) is 3.49. The second-order valence-electron chi connectivity index (χ2n) is 6.73. The molecule has 1 nitrogen and oxygen atoms in total. The number of rotatable bonds is 5. The number of hydrogen-bond donors (Lipinski definition) is 0. The number of alkyl halides is 1. The van der Waals surface area contributed by atoms with Crippen molar-refractivity contribution in [1.29, 1.82) is 0 Å². The highest BCUT2D eigenvalue weighted by Crippen LogP contribution is 2.33. The van der Waals surface area contributed by atoms with Gasteiger partial charge in [-0.1, -0.05) is 37.6 Å². The molecule has 2 aromatic carbocycles. The molecule has 1 heterocycles. The Morgan fingerprint density at radius 3 is 2.20 bits per heavy atom. The fraction of sp³-hybridized carbons (Fsp3) is 0.429. The van der Waals surface area contributed by atoms with E-state index in [1.807, 2.05) is 24.3 Å². The minimum absolute atomic E-state index is 0.0875. The van der Waals surface area contributed by atoms with Crippen molar-refractivity contribution in [3.8, 4) is 11.1 Å². The molecule has 1 fully saturated rings. The van der Waals surface area contributed by atoms with Crippen molar-refractivity contribution >= 4 is 0 Å². The minimum Gasteiger partial charge on any atom is -0.373 e. The fourth-order valence-corrected chi connectivity index (χ4v) is 3.49. The van der Waals surface area contributed by atoms with Gasteiger partial charge in [0.25, 0.3) is 0 Å². The second-order valence-corrected chi connectivity index (χ2v) is 6.73. The molecule has 0 amide bonds. The summed E-state index contributed by atoms with van der Waals surface area (Å²) in [7, 11) is 0. The van der Waals surface area contributed by atoms with Gasteiger partial charge in [-0.3, -0.25) is 0 Å². The van der Waals surface area contributed by atoms with E-state index < -0.39 is 23.9 Å². The maximum absolute atomic E-state index is 13.8. The van der Waals surface area contributed by atoms with Gasteiger partial charge in [0.05, 0.1) is 18.3 Å². The summed E-state index contributed by atoms with van der Waals surface area (Å²) in [5.74, 6) is -1.04. The molecule has 0 N–H and O–H groups in total. The third-order valence-electron chi connectivity index (χ3n) is 4.96. The number of ether oxygens (including phenoxy) is 1. The predicted molar refractivity (Wildman–Crippen MR) is 92.9 cm³/mol. The first kappa shape index (κ1) is 18.0. The highest BCUT2D eigenvalue weighted by atomic mass is 19.1. The van der Waals surface area contributed by atoms with E-state index in [0.717, 1.165) is 18.6 Å². The number of benzene rings is 2. The second kappa shape index (κ2) is 8.05. The van der Waals surface area contributed by atoms with Crippen LogP contribution in [-0.4, -0.2) is 6.61 Å². The normalized spacial score (nSPS) is 20.6. The Kier molecular flexibility index (Phi) is 5.79. The van der Waals surface area contributed by atoms with Crippen LogP contribution in [0.25, 0.3) is 11.1 Å². The van der Waals surface area contributed by atoms with E-state index in [4.69, 9.17) is 4.74 Å². The van der Waals surface area contributed by atoms with Gasteiger partial charge in [-0.25, -0.2) is 13.2 Å². The Bertz CT molecular complexity index is 681. The van der Waals surface area contributed by atoms with E-state index in [-0.39, 0.29) is 6.10 Å². The summed E-state index contributed by atoms with van der Waals surface area (Å²) in [5, 5.41) is 0. The summed E-state index contributed by atoms with van der Waals surface area (Å²) in [6, 6.07) is 9.91. The molecule has 25 heavy (non-hydrogen) atoms. The first-order valence-corrected chi connectivity index (χ1v) is 8.88. The van der Waals surface area contributed by atoms with Gasteiger partial charge in [-0.05, 0) is 54.0 Å². The smallest absolute Gasteiger partial charge is 0.132 e. The topological polar surface area (TPSA) is 9.23 Å². The molecule has 3 rings (SSSR count). The molecule has 0 saturated carbocycles. The number of hydrogen-bond acceptors (Lipinski definition) is 1. The molecule has 0 aromatic heterocycles. The van der Waals surface area contributed by atoms with E-state index in [2.05, 4.69) is 6.92 Å². The molecule has 0 radical (unpaired) electrons. The van der Waals surface area contributed by atoms with Crippen LogP contribution in [0.4, 0.5) is 13.2 Å². The summed E-state index contributed by atoms with van der Waals surface area (Å²) in [5.41, 5.74) is 1.68. The van der Waals surface area contributed by atoms with Crippen LogP contribution in [0, 0.1) is 17.6 Å². The van der Waals surface area contributed by atoms with Crippen molar-refractivity contribution in [2.45, 2.75) is 45.4 Å². The van der Waals surface area contributed by atoms with Gasteiger partial charge in [-0.15, -0.1) is 0 Å². The van der Waals surface area contributed by atoms with E-state index in [9.17, 15) is 13.2 Å². The van der Waals surface area contributed by atoms with Crippen LogP contribution in [0.1, 0.15) is 49.8 Å². The average molecular weight is 348 g/mol. The van der Waals surface area contributed by atoms with Gasteiger partial charge >= 0.3 is 0 Å². The Morgan fingerprint density at radius 2 is 1.68 bits per heavy atom. The maximum Gasteiger partial charge on any atom is 0.132 e. The molecule has 0 aliphatic carbocycles. The molecular weight excluding hydrogens is 325 g/mol. The molecule has 1 aliphatic heterocycles. The minimum atomic E-state index is -1.14. The summed E-state index contributed by atoms with van der Waals surface area (Å²) >= 11 is 0. The van der Waals surface area contributed by atoms with Crippen molar-refractivity contribution in [2.75, 3.05) is 6.61 Å². The third-order valence-corrected chi connectivity index (χ3v) is 4.96. The Balaban J connectivity index is 1.73. The van der Waals surface area contributed by atoms with E-state index in [1.165, 1.54) is 31.4 Å². The lowest BCUT2D eigenvalue weighted by Crippen LogP contribution is -2.20. The highest BCUT2D eigenvalue weighted by Gasteiger charge is 2.22. The predicted octanol–water partition coefficient (Wildman–Crippen LogP) is 6.37. The Morgan fingerprint density at radius 1 is 1.00 bits per heavy atom. The van der Waals surface area contributed by atoms with Gasteiger partial charge in [0, 0.05) is 0 Å². The van der Waals surface area contributed by atoms with Gasteiger partial charge in [0.2, 0.25) is 0 Å². The molecule has 2 aromatic rings. The van der Waals surface area contributed by atoms with Crippen LogP contribution in [0.15, 0.2) is 36.4 Å². The molecule has 1 saturated heterocycles. The SMILES string of the molecule is CCCC1CCC(c2ccc(-c3cc(F)c(CF)c(F)c3)cc2)OC1. The zero-order valence-electron chi connectivity index (χ0n) is 14.4. The lowest BCUT2D eigenvalue weighted by Gasteiger charge is -2.29. The third kappa shape index (κ3) is 4.06. The summed E-state index contributed by atoms with van der Waals surface area (Å²) in [6.07, 6.45) is 4.64. The van der Waals surface area contributed by atoms with Crippen molar-refractivity contribution in [3.05, 3.63) is 59.2 Å². The zero-order valence-corrected chi connectivity index (χ0v) is 14.4. The zero-order chi connectivity index (χ0) is 17.8. The molecule has 0 bridgehead atoms. The standard InChI is InChI=1S/C21H23F3O/c1-2-3-14-4-9-21(25-13-14)16-7-5-15(6-8-16)17-10-19(23)18(12-22)20(24)11-17/h5-8,10-11,14,21H,2-4,9,12-13H2,1H3. The summed E-state index contributed by atoms with van der Waals surface area (Å²) < 4.78 is 46.1.